The minimum atomic E-state index is -0.184. The van der Waals surface area contributed by atoms with E-state index in [1.807, 2.05) is 38.1 Å². The van der Waals surface area contributed by atoms with Crippen LogP contribution in [0.4, 0.5) is 4.79 Å². The molecule has 0 fully saturated rings. The standard InChI is InChI=1S/C17H21N7O2/c1-4-23(9-16-21-13(3)22-26-16)17(25)20-12(2)14-5-7-15(8-6-14)24-11-18-10-19-24/h5-8,10-12H,4,9H2,1-3H3,(H,20,25)/t12-/m0/s1. The van der Waals surface area contributed by atoms with Gasteiger partial charge < -0.3 is 14.7 Å². The summed E-state index contributed by atoms with van der Waals surface area (Å²) in [5.41, 5.74) is 1.90. The predicted octanol–water partition coefficient (Wildman–Crippen LogP) is 2.25. The molecule has 1 N–H and O–H groups in total. The monoisotopic (exact) mass is 355 g/mol. The molecule has 1 atom stereocenters. The lowest BCUT2D eigenvalue weighted by atomic mass is 10.1. The largest absolute Gasteiger partial charge is 0.337 e. The van der Waals surface area contributed by atoms with Crippen molar-refractivity contribution in [2.75, 3.05) is 6.54 Å². The summed E-state index contributed by atoms with van der Waals surface area (Å²) < 4.78 is 6.77. The van der Waals surface area contributed by atoms with Crippen molar-refractivity contribution in [2.24, 2.45) is 0 Å². The lowest BCUT2D eigenvalue weighted by Crippen LogP contribution is -2.40. The second-order valence-electron chi connectivity index (χ2n) is 5.85. The van der Waals surface area contributed by atoms with E-state index in [-0.39, 0.29) is 18.6 Å². The summed E-state index contributed by atoms with van der Waals surface area (Å²) in [6, 6.07) is 7.46. The van der Waals surface area contributed by atoms with Gasteiger partial charge in [0.25, 0.3) is 0 Å². The van der Waals surface area contributed by atoms with Crippen molar-refractivity contribution in [3.63, 3.8) is 0 Å². The fraction of sp³-hybridized carbons (Fsp3) is 0.353. The molecule has 0 aliphatic rings. The summed E-state index contributed by atoms with van der Waals surface area (Å²) in [5.74, 6) is 0.974. The number of carbonyl (C=O) groups is 1. The Kier molecular flexibility index (Phi) is 5.26. The number of aryl methyl sites for hydroxylation is 1. The minimum Gasteiger partial charge on any atom is -0.337 e. The third-order valence-corrected chi connectivity index (χ3v) is 3.98. The van der Waals surface area contributed by atoms with Crippen LogP contribution >= 0.6 is 0 Å². The molecule has 0 radical (unpaired) electrons. The van der Waals surface area contributed by atoms with Crippen molar-refractivity contribution in [3.8, 4) is 5.69 Å². The maximum Gasteiger partial charge on any atom is 0.318 e. The van der Waals surface area contributed by atoms with E-state index in [4.69, 9.17) is 4.52 Å². The molecule has 0 aliphatic carbocycles. The van der Waals surface area contributed by atoms with Crippen molar-refractivity contribution >= 4 is 6.03 Å². The van der Waals surface area contributed by atoms with Gasteiger partial charge in [-0.3, -0.25) is 0 Å². The van der Waals surface area contributed by atoms with E-state index in [2.05, 4.69) is 25.5 Å². The Bertz CT molecular complexity index is 842. The number of hydrogen-bond donors (Lipinski definition) is 1. The minimum absolute atomic E-state index is 0.147. The van der Waals surface area contributed by atoms with Crippen LogP contribution in [-0.2, 0) is 6.54 Å². The molecule has 2 aromatic heterocycles. The molecule has 3 rings (SSSR count). The Morgan fingerprint density at radius 2 is 2.12 bits per heavy atom. The zero-order chi connectivity index (χ0) is 18.5. The molecule has 9 heteroatoms. The molecule has 0 unspecified atom stereocenters. The highest BCUT2D eigenvalue weighted by atomic mass is 16.5. The maximum atomic E-state index is 12.5. The highest BCUT2D eigenvalue weighted by Crippen LogP contribution is 2.16. The molecule has 0 bridgehead atoms. The first kappa shape index (κ1) is 17.6. The van der Waals surface area contributed by atoms with Gasteiger partial charge in [-0.05, 0) is 38.5 Å². The van der Waals surface area contributed by atoms with E-state index in [1.165, 1.54) is 6.33 Å². The zero-order valence-electron chi connectivity index (χ0n) is 15.0. The van der Waals surface area contributed by atoms with Crippen LogP contribution in [0.1, 0.15) is 37.2 Å². The number of nitrogens with zero attached hydrogens (tertiary/aromatic N) is 6. The molecule has 136 valence electrons. The van der Waals surface area contributed by atoms with Crippen LogP contribution in [0.3, 0.4) is 0 Å². The molecule has 1 aromatic carbocycles. The topological polar surface area (TPSA) is 102 Å². The number of urea groups is 1. The molecule has 2 heterocycles. The summed E-state index contributed by atoms with van der Waals surface area (Å²) in [7, 11) is 0. The van der Waals surface area contributed by atoms with Gasteiger partial charge in [0.1, 0.15) is 19.2 Å². The summed E-state index contributed by atoms with van der Waals surface area (Å²) >= 11 is 0. The maximum absolute atomic E-state index is 12.5. The summed E-state index contributed by atoms with van der Waals surface area (Å²) in [4.78, 5) is 22.2. The van der Waals surface area contributed by atoms with Gasteiger partial charge in [-0.15, -0.1) is 0 Å². The van der Waals surface area contributed by atoms with Crippen LogP contribution in [-0.4, -0.2) is 42.4 Å². The Morgan fingerprint density at radius 1 is 1.35 bits per heavy atom. The van der Waals surface area contributed by atoms with Crippen molar-refractivity contribution in [1.29, 1.82) is 0 Å². The first-order valence-electron chi connectivity index (χ1n) is 8.36. The van der Waals surface area contributed by atoms with E-state index >= 15 is 0 Å². The van der Waals surface area contributed by atoms with Gasteiger partial charge in [-0.2, -0.15) is 10.1 Å². The third-order valence-electron chi connectivity index (χ3n) is 3.98. The fourth-order valence-electron chi connectivity index (χ4n) is 2.51. The second-order valence-corrected chi connectivity index (χ2v) is 5.85. The van der Waals surface area contributed by atoms with Crippen LogP contribution in [0.2, 0.25) is 0 Å². The molecular weight excluding hydrogens is 334 g/mol. The normalized spacial score (nSPS) is 12.0. The fourth-order valence-corrected chi connectivity index (χ4v) is 2.51. The van der Waals surface area contributed by atoms with Gasteiger partial charge in [0, 0.05) is 6.54 Å². The number of hydrogen-bond acceptors (Lipinski definition) is 6. The van der Waals surface area contributed by atoms with E-state index < -0.39 is 0 Å². The first-order chi connectivity index (χ1) is 12.6. The number of rotatable bonds is 6. The van der Waals surface area contributed by atoms with Crippen molar-refractivity contribution in [3.05, 3.63) is 54.2 Å². The average molecular weight is 355 g/mol. The zero-order valence-corrected chi connectivity index (χ0v) is 15.0. The van der Waals surface area contributed by atoms with Gasteiger partial charge >= 0.3 is 6.03 Å². The number of aromatic nitrogens is 5. The van der Waals surface area contributed by atoms with Gasteiger partial charge in [0.05, 0.1) is 11.7 Å². The van der Waals surface area contributed by atoms with Crippen LogP contribution in [0.15, 0.2) is 41.4 Å². The SMILES string of the molecule is CCN(Cc1nc(C)no1)C(=O)N[C@@H](C)c1ccc(-n2cncn2)cc1. The van der Waals surface area contributed by atoms with E-state index in [0.717, 1.165) is 11.3 Å². The molecule has 26 heavy (non-hydrogen) atoms. The Balaban J connectivity index is 1.62. The molecule has 0 aliphatic heterocycles. The summed E-state index contributed by atoms with van der Waals surface area (Å²) in [5, 5.41) is 10.8. The summed E-state index contributed by atoms with van der Waals surface area (Å²) in [6.07, 6.45) is 3.12. The van der Waals surface area contributed by atoms with Crippen LogP contribution in [0.5, 0.6) is 0 Å². The Labute approximate surface area is 151 Å². The van der Waals surface area contributed by atoms with Gasteiger partial charge in [0.2, 0.25) is 5.89 Å². The highest BCUT2D eigenvalue weighted by Gasteiger charge is 2.18. The van der Waals surface area contributed by atoms with Gasteiger partial charge in [-0.1, -0.05) is 17.3 Å². The Morgan fingerprint density at radius 3 is 2.69 bits per heavy atom. The Hall–Kier alpha value is -3.23. The van der Waals surface area contributed by atoms with Gasteiger partial charge in [0.15, 0.2) is 5.82 Å². The number of carbonyl (C=O) groups excluding carboxylic acids is 1. The summed E-state index contributed by atoms with van der Waals surface area (Å²) in [6.45, 7) is 6.40. The third kappa shape index (κ3) is 4.05. The van der Waals surface area contributed by atoms with Crippen molar-refractivity contribution in [2.45, 2.75) is 33.4 Å². The lowest BCUT2D eigenvalue weighted by Gasteiger charge is -2.23. The number of amides is 2. The van der Waals surface area contributed by atoms with Gasteiger partial charge in [-0.25, -0.2) is 14.5 Å². The molecule has 3 aromatic rings. The number of nitrogens with one attached hydrogen (secondary N) is 1. The second kappa shape index (κ2) is 7.77. The lowest BCUT2D eigenvalue weighted by molar-refractivity contribution is 0.186. The van der Waals surface area contributed by atoms with Crippen LogP contribution in [0, 0.1) is 6.92 Å². The molecule has 2 amide bonds. The van der Waals surface area contributed by atoms with E-state index in [1.54, 1.807) is 22.8 Å². The van der Waals surface area contributed by atoms with Crippen molar-refractivity contribution < 1.29 is 9.32 Å². The molecule has 0 saturated carbocycles. The van der Waals surface area contributed by atoms with E-state index in [9.17, 15) is 4.79 Å². The van der Waals surface area contributed by atoms with Crippen LogP contribution in [0.25, 0.3) is 5.69 Å². The number of benzene rings is 1. The molecular formula is C17H21N7O2. The highest BCUT2D eigenvalue weighted by molar-refractivity contribution is 5.74. The van der Waals surface area contributed by atoms with Crippen LogP contribution < -0.4 is 5.32 Å². The van der Waals surface area contributed by atoms with E-state index in [0.29, 0.717) is 18.3 Å². The quantitative estimate of drug-likeness (QED) is 0.727. The smallest absolute Gasteiger partial charge is 0.318 e. The van der Waals surface area contributed by atoms with Crippen molar-refractivity contribution in [1.82, 2.24) is 35.1 Å². The molecule has 0 saturated heterocycles. The molecule has 0 spiro atoms. The average Bonchev–Trinajstić information content (AvgIpc) is 3.31. The molecule has 9 nitrogen and oxygen atoms in total. The predicted molar refractivity (Wildman–Crippen MR) is 93.4 cm³/mol. The first-order valence-corrected chi connectivity index (χ1v) is 8.36.